The SMILES string of the molecule is Cc1cc(N2CCCC2)nc(CNC(=O)c2cc(-c3cccnc3)on2)n1. The number of aromatic nitrogens is 4. The molecule has 1 N–H and O–H groups in total. The predicted octanol–water partition coefficient (Wildman–Crippen LogP) is 2.37. The highest BCUT2D eigenvalue weighted by Gasteiger charge is 2.17. The number of anilines is 1. The molecule has 0 saturated carbocycles. The van der Waals surface area contributed by atoms with Crippen LogP contribution in [0.1, 0.15) is 34.8 Å². The number of hydrogen-bond donors (Lipinski definition) is 1. The van der Waals surface area contributed by atoms with Gasteiger partial charge in [0.2, 0.25) is 0 Å². The maximum Gasteiger partial charge on any atom is 0.273 e. The van der Waals surface area contributed by atoms with Crippen molar-refractivity contribution in [2.45, 2.75) is 26.3 Å². The highest BCUT2D eigenvalue weighted by atomic mass is 16.5. The van der Waals surface area contributed by atoms with Crippen LogP contribution in [0.15, 0.2) is 41.2 Å². The zero-order chi connectivity index (χ0) is 18.6. The summed E-state index contributed by atoms with van der Waals surface area (Å²) >= 11 is 0. The van der Waals surface area contributed by atoms with Crippen LogP contribution < -0.4 is 10.2 Å². The lowest BCUT2D eigenvalue weighted by atomic mass is 10.2. The summed E-state index contributed by atoms with van der Waals surface area (Å²) in [6.07, 6.45) is 5.69. The van der Waals surface area contributed by atoms with E-state index < -0.39 is 0 Å². The van der Waals surface area contributed by atoms with Crippen LogP contribution >= 0.6 is 0 Å². The van der Waals surface area contributed by atoms with Crippen molar-refractivity contribution in [1.29, 1.82) is 0 Å². The number of pyridine rings is 1. The van der Waals surface area contributed by atoms with Crippen molar-refractivity contribution in [2.75, 3.05) is 18.0 Å². The summed E-state index contributed by atoms with van der Waals surface area (Å²) in [5, 5.41) is 6.64. The van der Waals surface area contributed by atoms with Crippen molar-refractivity contribution in [3.05, 3.63) is 53.9 Å². The highest BCUT2D eigenvalue weighted by Crippen LogP contribution is 2.20. The van der Waals surface area contributed by atoms with Crippen LogP contribution in [0.3, 0.4) is 0 Å². The van der Waals surface area contributed by atoms with Crippen LogP contribution in [-0.4, -0.2) is 39.1 Å². The molecule has 8 heteroatoms. The molecule has 27 heavy (non-hydrogen) atoms. The summed E-state index contributed by atoms with van der Waals surface area (Å²) in [6.45, 7) is 4.19. The number of carbonyl (C=O) groups is 1. The normalized spacial score (nSPS) is 13.7. The van der Waals surface area contributed by atoms with E-state index in [9.17, 15) is 4.79 Å². The number of hydrogen-bond acceptors (Lipinski definition) is 7. The van der Waals surface area contributed by atoms with Crippen LogP contribution in [0.4, 0.5) is 5.82 Å². The van der Waals surface area contributed by atoms with E-state index in [0.717, 1.165) is 30.2 Å². The summed E-state index contributed by atoms with van der Waals surface area (Å²) in [7, 11) is 0. The van der Waals surface area contributed by atoms with Gasteiger partial charge in [0, 0.05) is 48.9 Å². The Balaban J connectivity index is 1.43. The average Bonchev–Trinajstić information content (AvgIpc) is 3.38. The summed E-state index contributed by atoms with van der Waals surface area (Å²) in [6, 6.07) is 7.22. The molecule has 0 atom stereocenters. The van der Waals surface area contributed by atoms with Crippen molar-refractivity contribution in [3.8, 4) is 11.3 Å². The predicted molar refractivity (Wildman–Crippen MR) is 99.1 cm³/mol. The molecule has 0 bridgehead atoms. The topological polar surface area (TPSA) is 97.0 Å². The first-order valence-electron chi connectivity index (χ1n) is 8.94. The molecular weight excluding hydrogens is 344 g/mol. The van der Waals surface area contributed by atoms with Gasteiger partial charge in [0.05, 0.1) is 6.54 Å². The van der Waals surface area contributed by atoms with Gasteiger partial charge in [-0.05, 0) is 31.9 Å². The summed E-state index contributed by atoms with van der Waals surface area (Å²) in [5.41, 5.74) is 1.86. The van der Waals surface area contributed by atoms with Gasteiger partial charge in [0.15, 0.2) is 11.5 Å². The smallest absolute Gasteiger partial charge is 0.273 e. The standard InChI is InChI=1S/C19H20N6O2/c1-13-9-18(25-7-2-3-8-25)23-17(22-13)12-21-19(26)15-10-16(27-24-15)14-5-4-6-20-11-14/h4-6,9-11H,2-3,7-8,12H2,1H3,(H,21,26). The molecule has 8 nitrogen and oxygen atoms in total. The third kappa shape index (κ3) is 3.94. The molecular formula is C19H20N6O2. The van der Waals surface area contributed by atoms with E-state index in [-0.39, 0.29) is 18.1 Å². The first-order chi connectivity index (χ1) is 13.2. The van der Waals surface area contributed by atoms with E-state index in [1.165, 1.54) is 12.8 Å². The minimum absolute atomic E-state index is 0.210. The summed E-state index contributed by atoms with van der Waals surface area (Å²) < 4.78 is 5.24. The highest BCUT2D eigenvalue weighted by molar-refractivity contribution is 5.92. The van der Waals surface area contributed by atoms with Gasteiger partial charge in [0.1, 0.15) is 11.6 Å². The lowest BCUT2D eigenvalue weighted by Gasteiger charge is -2.17. The van der Waals surface area contributed by atoms with E-state index >= 15 is 0 Å². The Hall–Kier alpha value is -3.29. The Kier molecular flexibility index (Phi) is 4.78. The molecule has 1 aliphatic rings. The summed E-state index contributed by atoms with van der Waals surface area (Å²) in [5.74, 6) is 1.67. The van der Waals surface area contributed by atoms with Gasteiger partial charge in [-0.1, -0.05) is 5.16 Å². The Morgan fingerprint density at radius 3 is 2.89 bits per heavy atom. The van der Waals surface area contributed by atoms with E-state index in [1.807, 2.05) is 19.1 Å². The van der Waals surface area contributed by atoms with Gasteiger partial charge in [-0.25, -0.2) is 9.97 Å². The first kappa shape index (κ1) is 17.1. The van der Waals surface area contributed by atoms with Gasteiger partial charge in [-0.3, -0.25) is 9.78 Å². The van der Waals surface area contributed by atoms with Crippen molar-refractivity contribution >= 4 is 11.7 Å². The zero-order valence-electron chi connectivity index (χ0n) is 15.1. The van der Waals surface area contributed by atoms with Crippen LogP contribution in [0.2, 0.25) is 0 Å². The van der Waals surface area contributed by atoms with Crippen LogP contribution in [0.25, 0.3) is 11.3 Å². The molecule has 3 aromatic rings. The molecule has 3 aromatic heterocycles. The first-order valence-corrected chi connectivity index (χ1v) is 8.94. The fourth-order valence-electron chi connectivity index (χ4n) is 3.08. The van der Waals surface area contributed by atoms with Crippen molar-refractivity contribution < 1.29 is 9.32 Å². The van der Waals surface area contributed by atoms with E-state index in [0.29, 0.717) is 11.6 Å². The molecule has 4 rings (SSSR count). The van der Waals surface area contributed by atoms with Gasteiger partial charge in [-0.15, -0.1) is 0 Å². The fraction of sp³-hybridized carbons (Fsp3) is 0.316. The second kappa shape index (κ2) is 7.53. The quantitative estimate of drug-likeness (QED) is 0.742. The van der Waals surface area contributed by atoms with Crippen LogP contribution in [-0.2, 0) is 6.54 Å². The number of nitrogens with zero attached hydrogens (tertiary/aromatic N) is 5. The molecule has 1 aliphatic heterocycles. The second-order valence-corrected chi connectivity index (χ2v) is 6.48. The molecule has 0 spiro atoms. The van der Waals surface area contributed by atoms with Crippen molar-refractivity contribution in [3.63, 3.8) is 0 Å². The van der Waals surface area contributed by atoms with Gasteiger partial charge >= 0.3 is 0 Å². The van der Waals surface area contributed by atoms with E-state index in [4.69, 9.17) is 4.52 Å². The van der Waals surface area contributed by atoms with E-state index in [2.05, 4.69) is 30.3 Å². The van der Waals surface area contributed by atoms with Gasteiger partial charge in [-0.2, -0.15) is 0 Å². The molecule has 1 amide bonds. The van der Waals surface area contributed by atoms with Crippen molar-refractivity contribution in [1.82, 2.24) is 25.4 Å². The molecule has 1 saturated heterocycles. The molecule has 0 aromatic carbocycles. The van der Waals surface area contributed by atoms with Gasteiger partial charge < -0.3 is 14.7 Å². The third-order valence-corrected chi connectivity index (χ3v) is 4.41. The molecule has 0 aliphatic carbocycles. The minimum Gasteiger partial charge on any atom is -0.357 e. The number of nitrogens with one attached hydrogen (secondary N) is 1. The second-order valence-electron chi connectivity index (χ2n) is 6.48. The zero-order valence-corrected chi connectivity index (χ0v) is 15.1. The minimum atomic E-state index is -0.332. The molecule has 138 valence electrons. The fourth-order valence-corrected chi connectivity index (χ4v) is 3.08. The molecule has 0 radical (unpaired) electrons. The lowest BCUT2D eigenvalue weighted by Crippen LogP contribution is -2.25. The van der Waals surface area contributed by atoms with Crippen LogP contribution in [0.5, 0.6) is 0 Å². The number of rotatable bonds is 5. The molecule has 1 fully saturated rings. The Morgan fingerprint density at radius 2 is 2.11 bits per heavy atom. The van der Waals surface area contributed by atoms with E-state index in [1.54, 1.807) is 24.5 Å². The van der Waals surface area contributed by atoms with Crippen LogP contribution in [0, 0.1) is 6.92 Å². The monoisotopic (exact) mass is 364 g/mol. The number of aryl methyl sites for hydroxylation is 1. The van der Waals surface area contributed by atoms with Gasteiger partial charge in [0.25, 0.3) is 5.91 Å². The largest absolute Gasteiger partial charge is 0.357 e. The Morgan fingerprint density at radius 1 is 1.26 bits per heavy atom. The maximum atomic E-state index is 12.4. The Labute approximate surface area is 156 Å². The lowest BCUT2D eigenvalue weighted by molar-refractivity contribution is 0.0941. The maximum absolute atomic E-state index is 12.4. The Bertz CT molecular complexity index is 934. The third-order valence-electron chi connectivity index (χ3n) is 4.41. The molecule has 4 heterocycles. The van der Waals surface area contributed by atoms with Crippen molar-refractivity contribution in [2.24, 2.45) is 0 Å². The summed E-state index contributed by atoms with van der Waals surface area (Å²) in [4.78, 5) is 27.7. The average molecular weight is 364 g/mol. The molecule has 0 unspecified atom stereocenters. The number of amides is 1. The number of carbonyl (C=O) groups excluding carboxylic acids is 1.